The molecule has 5 heteroatoms. The highest BCUT2D eigenvalue weighted by molar-refractivity contribution is 5.56. The molecule has 0 radical (unpaired) electrons. The van der Waals surface area contributed by atoms with Crippen molar-refractivity contribution in [2.45, 2.75) is 6.10 Å². The first-order chi connectivity index (χ1) is 8.75. The van der Waals surface area contributed by atoms with Crippen molar-refractivity contribution in [1.82, 2.24) is 14.6 Å². The van der Waals surface area contributed by atoms with Crippen molar-refractivity contribution < 1.29 is 9.50 Å². The van der Waals surface area contributed by atoms with Gasteiger partial charge in [0, 0.05) is 23.5 Å². The molecular formula is C13H10FN3O. The van der Waals surface area contributed by atoms with Crippen LogP contribution in [-0.2, 0) is 0 Å². The highest BCUT2D eigenvalue weighted by Crippen LogP contribution is 2.25. The van der Waals surface area contributed by atoms with E-state index >= 15 is 0 Å². The second-order valence-electron chi connectivity index (χ2n) is 3.97. The second-order valence-corrected chi connectivity index (χ2v) is 3.97. The van der Waals surface area contributed by atoms with Gasteiger partial charge in [0.05, 0.1) is 17.9 Å². The fraction of sp³-hybridized carbons (Fsp3) is 0.0769. The van der Waals surface area contributed by atoms with Gasteiger partial charge in [-0.25, -0.2) is 8.91 Å². The SMILES string of the molecule is OC(c1cncc(F)c1)c1cnn2ccccc12. The van der Waals surface area contributed by atoms with Gasteiger partial charge in [0.2, 0.25) is 0 Å². The van der Waals surface area contributed by atoms with Crippen molar-refractivity contribution in [3.05, 3.63) is 66.0 Å². The average Bonchev–Trinajstić information content (AvgIpc) is 2.82. The van der Waals surface area contributed by atoms with Crippen LogP contribution in [0.1, 0.15) is 17.2 Å². The summed E-state index contributed by atoms with van der Waals surface area (Å²) in [6.07, 6.45) is 4.97. The van der Waals surface area contributed by atoms with Crippen LogP contribution in [0.25, 0.3) is 5.52 Å². The van der Waals surface area contributed by atoms with Gasteiger partial charge in [0.1, 0.15) is 11.9 Å². The van der Waals surface area contributed by atoms with E-state index in [-0.39, 0.29) is 0 Å². The molecule has 0 amide bonds. The fourth-order valence-corrected chi connectivity index (χ4v) is 1.92. The van der Waals surface area contributed by atoms with Gasteiger partial charge in [-0.1, -0.05) is 6.07 Å². The maximum absolute atomic E-state index is 13.1. The van der Waals surface area contributed by atoms with Gasteiger partial charge in [-0.2, -0.15) is 5.10 Å². The normalized spacial score (nSPS) is 12.8. The number of rotatable bonds is 2. The lowest BCUT2D eigenvalue weighted by atomic mass is 10.0. The molecule has 1 N–H and O–H groups in total. The first-order valence-corrected chi connectivity index (χ1v) is 5.46. The highest BCUT2D eigenvalue weighted by atomic mass is 19.1. The zero-order chi connectivity index (χ0) is 12.5. The van der Waals surface area contributed by atoms with Crippen LogP contribution in [-0.4, -0.2) is 19.7 Å². The Morgan fingerprint density at radius 3 is 2.94 bits per heavy atom. The number of aliphatic hydroxyl groups is 1. The molecule has 4 nitrogen and oxygen atoms in total. The Bertz CT molecular complexity index is 695. The van der Waals surface area contributed by atoms with E-state index in [2.05, 4.69) is 10.1 Å². The van der Waals surface area contributed by atoms with E-state index in [1.54, 1.807) is 16.9 Å². The monoisotopic (exact) mass is 243 g/mol. The van der Waals surface area contributed by atoms with Gasteiger partial charge in [-0.3, -0.25) is 4.98 Å². The second kappa shape index (κ2) is 4.19. The summed E-state index contributed by atoms with van der Waals surface area (Å²) in [7, 11) is 0. The number of nitrogens with zero attached hydrogens (tertiary/aromatic N) is 3. The Kier molecular flexibility index (Phi) is 2.53. The maximum Gasteiger partial charge on any atom is 0.141 e. The van der Waals surface area contributed by atoms with Crippen LogP contribution < -0.4 is 0 Å². The topological polar surface area (TPSA) is 50.4 Å². The largest absolute Gasteiger partial charge is 0.383 e. The number of halogens is 1. The number of fused-ring (bicyclic) bond motifs is 1. The Morgan fingerprint density at radius 1 is 1.22 bits per heavy atom. The maximum atomic E-state index is 13.1. The van der Waals surface area contributed by atoms with Crippen LogP contribution in [0.2, 0.25) is 0 Å². The summed E-state index contributed by atoms with van der Waals surface area (Å²) < 4.78 is 14.7. The molecule has 0 aliphatic rings. The van der Waals surface area contributed by atoms with Crippen molar-refractivity contribution >= 4 is 5.52 Å². The van der Waals surface area contributed by atoms with Crippen molar-refractivity contribution in [2.75, 3.05) is 0 Å². The first kappa shape index (κ1) is 10.9. The Balaban J connectivity index is 2.09. The lowest BCUT2D eigenvalue weighted by Crippen LogP contribution is -2.00. The molecule has 0 aromatic carbocycles. The molecule has 3 aromatic heterocycles. The van der Waals surface area contributed by atoms with E-state index in [0.717, 1.165) is 11.7 Å². The molecule has 0 bridgehead atoms. The predicted octanol–water partition coefficient (Wildman–Crippen LogP) is 1.95. The summed E-state index contributed by atoms with van der Waals surface area (Å²) in [5.41, 5.74) is 1.83. The van der Waals surface area contributed by atoms with Crippen LogP contribution in [0.5, 0.6) is 0 Å². The van der Waals surface area contributed by atoms with E-state index < -0.39 is 11.9 Å². The molecular weight excluding hydrogens is 233 g/mol. The fourth-order valence-electron chi connectivity index (χ4n) is 1.92. The number of hydrogen-bond donors (Lipinski definition) is 1. The van der Waals surface area contributed by atoms with Crippen molar-refractivity contribution in [2.24, 2.45) is 0 Å². The minimum atomic E-state index is -0.937. The molecule has 0 aliphatic carbocycles. The predicted molar refractivity (Wildman–Crippen MR) is 63.4 cm³/mol. The molecule has 18 heavy (non-hydrogen) atoms. The lowest BCUT2D eigenvalue weighted by Gasteiger charge is -2.09. The van der Waals surface area contributed by atoms with Crippen LogP contribution in [0, 0.1) is 5.82 Å². The van der Waals surface area contributed by atoms with Gasteiger partial charge in [-0.05, 0) is 18.2 Å². The molecule has 1 atom stereocenters. The summed E-state index contributed by atoms with van der Waals surface area (Å²) in [5, 5.41) is 14.4. The lowest BCUT2D eigenvalue weighted by molar-refractivity contribution is 0.221. The highest BCUT2D eigenvalue weighted by Gasteiger charge is 2.16. The van der Waals surface area contributed by atoms with Crippen LogP contribution in [0.3, 0.4) is 0 Å². The minimum absolute atomic E-state index is 0.411. The smallest absolute Gasteiger partial charge is 0.141 e. The minimum Gasteiger partial charge on any atom is -0.383 e. The summed E-state index contributed by atoms with van der Waals surface area (Å²) in [6, 6.07) is 6.82. The Morgan fingerprint density at radius 2 is 2.11 bits per heavy atom. The average molecular weight is 243 g/mol. The molecule has 90 valence electrons. The van der Waals surface area contributed by atoms with Gasteiger partial charge in [-0.15, -0.1) is 0 Å². The number of aromatic nitrogens is 3. The molecule has 3 aromatic rings. The van der Waals surface area contributed by atoms with E-state index in [0.29, 0.717) is 11.1 Å². The molecule has 1 unspecified atom stereocenters. The third-order valence-electron chi connectivity index (χ3n) is 2.79. The number of pyridine rings is 2. The molecule has 0 spiro atoms. The molecule has 0 aliphatic heterocycles. The summed E-state index contributed by atoms with van der Waals surface area (Å²) in [4.78, 5) is 3.73. The number of hydrogen-bond acceptors (Lipinski definition) is 3. The molecule has 0 fully saturated rings. The van der Waals surface area contributed by atoms with Crippen molar-refractivity contribution in [3.63, 3.8) is 0 Å². The zero-order valence-corrected chi connectivity index (χ0v) is 9.36. The van der Waals surface area contributed by atoms with Crippen molar-refractivity contribution in [1.29, 1.82) is 0 Å². The summed E-state index contributed by atoms with van der Waals surface area (Å²) >= 11 is 0. The quantitative estimate of drug-likeness (QED) is 0.748. The first-order valence-electron chi connectivity index (χ1n) is 5.46. The van der Waals surface area contributed by atoms with Crippen LogP contribution >= 0.6 is 0 Å². The van der Waals surface area contributed by atoms with Crippen molar-refractivity contribution in [3.8, 4) is 0 Å². The van der Waals surface area contributed by atoms with Crippen LogP contribution in [0.15, 0.2) is 49.1 Å². The standard InChI is InChI=1S/C13H10FN3O/c14-10-5-9(6-15-7-10)13(18)11-8-16-17-4-2-1-3-12(11)17/h1-8,13,18H. The zero-order valence-electron chi connectivity index (χ0n) is 9.36. The van der Waals surface area contributed by atoms with Gasteiger partial charge in [0.25, 0.3) is 0 Å². The molecule has 3 rings (SSSR count). The van der Waals surface area contributed by atoms with E-state index in [9.17, 15) is 9.50 Å². The molecule has 0 saturated heterocycles. The Labute approximate surface area is 102 Å². The third-order valence-corrected chi connectivity index (χ3v) is 2.79. The van der Waals surface area contributed by atoms with E-state index in [1.807, 2.05) is 18.2 Å². The van der Waals surface area contributed by atoms with Gasteiger partial charge in [0.15, 0.2) is 0 Å². The van der Waals surface area contributed by atoms with Gasteiger partial charge < -0.3 is 5.11 Å². The summed E-state index contributed by atoms with van der Waals surface area (Å²) in [6.45, 7) is 0. The van der Waals surface area contributed by atoms with Crippen LogP contribution in [0.4, 0.5) is 4.39 Å². The van der Waals surface area contributed by atoms with E-state index in [4.69, 9.17) is 0 Å². The third kappa shape index (κ3) is 1.74. The van der Waals surface area contributed by atoms with Gasteiger partial charge >= 0.3 is 0 Å². The van der Waals surface area contributed by atoms with E-state index in [1.165, 1.54) is 12.3 Å². The Hall–Kier alpha value is -2.27. The molecule has 3 heterocycles. The number of aliphatic hydroxyl groups excluding tert-OH is 1. The molecule has 0 saturated carbocycles. The summed E-state index contributed by atoms with van der Waals surface area (Å²) in [5.74, 6) is -0.469.